The fourth-order valence-corrected chi connectivity index (χ4v) is 1.88. The van der Waals surface area contributed by atoms with Crippen LogP contribution in [0.4, 0.5) is 0 Å². The summed E-state index contributed by atoms with van der Waals surface area (Å²) in [6.45, 7) is 6.62. The van der Waals surface area contributed by atoms with Gasteiger partial charge >= 0.3 is 0 Å². The van der Waals surface area contributed by atoms with Gasteiger partial charge in [-0.2, -0.15) is 5.26 Å². The highest BCUT2D eigenvalue weighted by atomic mass is 14.5. The summed E-state index contributed by atoms with van der Waals surface area (Å²) in [7, 11) is 0. The van der Waals surface area contributed by atoms with Crippen molar-refractivity contribution >= 4 is 0 Å². The lowest BCUT2D eigenvalue weighted by Gasteiger charge is -2.19. The molecule has 1 fully saturated rings. The van der Waals surface area contributed by atoms with E-state index in [0.717, 1.165) is 12.8 Å². The Hall–Kier alpha value is -1.29. The van der Waals surface area contributed by atoms with Gasteiger partial charge in [-0.25, -0.2) is 0 Å². The van der Waals surface area contributed by atoms with E-state index in [1.807, 2.05) is 0 Å². The zero-order valence-corrected chi connectivity index (χ0v) is 9.67. The Labute approximate surface area is 91.7 Å². The monoisotopic (exact) mass is 199 g/mol. The first-order chi connectivity index (χ1) is 6.98. The highest BCUT2D eigenvalue weighted by molar-refractivity contribution is 5.41. The first kappa shape index (κ1) is 10.2. The van der Waals surface area contributed by atoms with Crippen LogP contribution in [0, 0.1) is 11.3 Å². The molecule has 0 unspecified atom stereocenters. The Morgan fingerprint density at radius 3 is 2.00 bits per heavy atom. The molecule has 0 heterocycles. The van der Waals surface area contributed by atoms with Crippen LogP contribution in [0.5, 0.6) is 0 Å². The van der Waals surface area contributed by atoms with E-state index in [1.165, 1.54) is 11.1 Å². The number of hydrogen-bond donors (Lipinski definition) is 0. The molecule has 1 saturated carbocycles. The molecule has 78 valence electrons. The minimum Gasteiger partial charge on any atom is -0.197 e. The molecule has 1 aromatic rings. The average Bonchev–Trinajstić information content (AvgIpc) is 2.97. The molecule has 0 N–H and O–H groups in total. The van der Waals surface area contributed by atoms with Crippen LogP contribution in [0.15, 0.2) is 24.3 Å². The summed E-state index contributed by atoms with van der Waals surface area (Å²) in [5, 5.41) is 9.09. The maximum atomic E-state index is 9.09. The van der Waals surface area contributed by atoms with Gasteiger partial charge in [0.15, 0.2) is 0 Å². The lowest BCUT2D eigenvalue weighted by Crippen LogP contribution is -2.11. The van der Waals surface area contributed by atoms with Crippen LogP contribution >= 0.6 is 0 Å². The third kappa shape index (κ3) is 1.77. The summed E-state index contributed by atoms with van der Waals surface area (Å²) in [5.74, 6) is 0. The molecule has 1 aliphatic rings. The van der Waals surface area contributed by atoms with Crippen molar-refractivity contribution in [2.75, 3.05) is 0 Å². The molecular formula is C14H17N. The Bertz CT molecular complexity index is 396. The van der Waals surface area contributed by atoms with Gasteiger partial charge in [-0.1, -0.05) is 45.0 Å². The van der Waals surface area contributed by atoms with Crippen LogP contribution < -0.4 is 0 Å². The van der Waals surface area contributed by atoms with Gasteiger partial charge in [-0.15, -0.1) is 0 Å². The SMILES string of the molecule is CC(C)(C)c1ccc(C2(C#N)CC2)cc1. The fraction of sp³-hybridized carbons (Fsp3) is 0.500. The maximum Gasteiger partial charge on any atom is 0.0823 e. The van der Waals surface area contributed by atoms with Crippen LogP contribution in [0.1, 0.15) is 44.7 Å². The standard InChI is InChI=1S/C14H17N/c1-13(2,3)11-4-6-12(7-5-11)14(10-15)8-9-14/h4-7H,8-9H2,1-3H3. The van der Waals surface area contributed by atoms with Crippen LogP contribution in [-0.4, -0.2) is 0 Å². The quantitative estimate of drug-likeness (QED) is 0.678. The van der Waals surface area contributed by atoms with Gasteiger partial charge in [0, 0.05) is 0 Å². The van der Waals surface area contributed by atoms with Crippen molar-refractivity contribution in [1.82, 2.24) is 0 Å². The zero-order valence-electron chi connectivity index (χ0n) is 9.67. The summed E-state index contributed by atoms with van der Waals surface area (Å²) in [4.78, 5) is 0. The van der Waals surface area contributed by atoms with Crippen molar-refractivity contribution in [3.8, 4) is 6.07 Å². The molecule has 15 heavy (non-hydrogen) atoms. The van der Waals surface area contributed by atoms with Gasteiger partial charge in [0.05, 0.1) is 11.5 Å². The predicted octanol–water partition coefficient (Wildman–Crippen LogP) is 3.54. The molecule has 0 amide bonds. The molecule has 0 spiro atoms. The molecule has 0 bridgehead atoms. The summed E-state index contributed by atoms with van der Waals surface area (Å²) in [6.07, 6.45) is 2.05. The number of benzene rings is 1. The van der Waals surface area contributed by atoms with E-state index in [4.69, 9.17) is 5.26 Å². The molecule has 0 atom stereocenters. The number of nitriles is 1. The molecular weight excluding hydrogens is 182 g/mol. The van der Waals surface area contributed by atoms with Crippen molar-refractivity contribution in [3.63, 3.8) is 0 Å². The van der Waals surface area contributed by atoms with E-state index < -0.39 is 0 Å². The maximum absolute atomic E-state index is 9.09. The second-order valence-corrected chi connectivity index (χ2v) is 5.52. The third-order valence-electron chi connectivity index (χ3n) is 3.27. The van der Waals surface area contributed by atoms with Gasteiger partial charge in [-0.3, -0.25) is 0 Å². The lowest BCUT2D eigenvalue weighted by atomic mass is 9.85. The van der Waals surface area contributed by atoms with Crippen LogP contribution in [0.2, 0.25) is 0 Å². The molecule has 0 radical (unpaired) electrons. The smallest absolute Gasteiger partial charge is 0.0823 e. The first-order valence-electron chi connectivity index (χ1n) is 5.50. The minimum absolute atomic E-state index is 0.142. The van der Waals surface area contributed by atoms with Crippen LogP contribution in [0.3, 0.4) is 0 Å². The van der Waals surface area contributed by atoms with Crippen molar-refractivity contribution in [2.45, 2.75) is 44.4 Å². The van der Waals surface area contributed by atoms with E-state index in [9.17, 15) is 0 Å². The van der Waals surface area contributed by atoms with Gasteiger partial charge in [0.2, 0.25) is 0 Å². The number of nitrogens with zero attached hydrogens (tertiary/aromatic N) is 1. The Morgan fingerprint density at radius 1 is 1.13 bits per heavy atom. The number of hydrogen-bond acceptors (Lipinski definition) is 1. The van der Waals surface area contributed by atoms with Crippen molar-refractivity contribution in [1.29, 1.82) is 5.26 Å². The molecule has 0 saturated heterocycles. The molecule has 1 aromatic carbocycles. The molecule has 1 aliphatic carbocycles. The highest BCUT2D eigenvalue weighted by Gasteiger charge is 2.44. The Morgan fingerprint density at radius 2 is 1.67 bits per heavy atom. The summed E-state index contributed by atoms with van der Waals surface area (Å²) >= 11 is 0. The van der Waals surface area contributed by atoms with E-state index in [0.29, 0.717) is 0 Å². The van der Waals surface area contributed by atoms with E-state index in [1.54, 1.807) is 0 Å². The normalized spacial score (nSPS) is 18.3. The van der Waals surface area contributed by atoms with Crippen molar-refractivity contribution < 1.29 is 0 Å². The molecule has 1 nitrogen and oxygen atoms in total. The summed E-state index contributed by atoms with van der Waals surface area (Å²) < 4.78 is 0. The molecule has 2 rings (SSSR count). The lowest BCUT2D eigenvalue weighted by molar-refractivity contribution is 0.589. The zero-order chi connectivity index (χ0) is 11.1. The second kappa shape index (κ2) is 3.10. The Balaban J connectivity index is 2.30. The van der Waals surface area contributed by atoms with E-state index in [-0.39, 0.29) is 10.8 Å². The first-order valence-corrected chi connectivity index (χ1v) is 5.50. The topological polar surface area (TPSA) is 23.8 Å². The van der Waals surface area contributed by atoms with Gasteiger partial charge in [-0.05, 0) is 29.4 Å². The molecule has 0 aliphatic heterocycles. The fourth-order valence-electron chi connectivity index (χ4n) is 1.88. The van der Waals surface area contributed by atoms with Crippen LogP contribution in [0.25, 0.3) is 0 Å². The van der Waals surface area contributed by atoms with Crippen molar-refractivity contribution in [2.24, 2.45) is 0 Å². The van der Waals surface area contributed by atoms with E-state index >= 15 is 0 Å². The average molecular weight is 199 g/mol. The van der Waals surface area contributed by atoms with Crippen molar-refractivity contribution in [3.05, 3.63) is 35.4 Å². The third-order valence-corrected chi connectivity index (χ3v) is 3.27. The summed E-state index contributed by atoms with van der Waals surface area (Å²) in [6, 6.07) is 11.0. The van der Waals surface area contributed by atoms with Gasteiger partial charge in [0.1, 0.15) is 0 Å². The largest absolute Gasteiger partial charge is 0.197 e. The predicted molar refractivity (Wildman–Crippen MR) is 61.7 cm³/mol. The number of rotatable bonds is 1. The minimum atomic E-state index is -0.142. The molecule has 0 aromatic heterocycles. The van der Waals surface area contributed by atoms with Crippen LogP contribution in [-0.2, 0) is 10.8 Å². The van der Waals surface area contributed by atoms with Gasteiger partial charge < -0.3 is 0 Å². The summed E-state index contributed by atoms with van der Waals surface area (Å²) in [5.41, 5.74) is 2.58. The highest BCUT2D eigenvalue weighted by Crippen LogP contribution is 2.47. The second-order valence-electron chi connectivity index (χ2n) is 5.52. The molecule has 1 heteroatoms. The van der Waals surface area contributed by atoms with Gasteiger partial charge in [0.25, 0.3) is 0 Å². The Kier molecular flexibility index (Phi) is 2.12. The van der Waals surface area contributed by atoms with E-state index in [2.05, 4.69) is 51.1 Å².